The Kier molecular flexibility index (Phi) is 22.2. The number of rotatable bonds is 24. The van der Waals surface area contributed by atoms with Crippen LogP contribution in [0, 0.1) is 36.5 Å². The van der Waals surface area contributed by atoms with Crippen molar-refractivity contribution >= 4 is 17.1 Å². The van der Waals surface area contributed by atoms with Gasteiger partial charge >= 0.3 is 11.4 Å². The van der Waals surface area contributed by atoms with E-state index in [1.807, 2.05) is 14.0 Å². The van der Waals surface area contributed by atoms with E-state index in [-0.39, 0.29) is 69.0 Å². The number of H-pyrrole nitrogens is 2. The minimum absolute atomic E-state index is 0.124. The molecule has 2 aromatic heterocycles. The second kappa shape index (κ2) is 26.3. The van der Waals surface area contributed by atoms with E-state index in [1.54, 1.807) is 27.2 Å². The summed E-state index contributed by atoms with van der Waals surface area (Å²) in [6.45, 7) is 25.8. The standard InChI is InChI=1S/C23H39N4O7P.C22H36N5O5P/c1-8-18-19(34-35(32-11-9-10-24)27(15(2)3)16(4)5)20(31-13-12-30-7)22(33-18)26-14-17(6)21(28)25-23(26)29;1-8-22-13-25(7)17(20(31-22)26-12-16(6)19(28)24-21(26)29)18(22)32-33(30-11-9-10-23)27(14(2)3)15(4)5/h14-16,18-20,22H,8-9,11-13H2,1-7H3,(H,25,28,29);12,14-15,17-18,20H,8-9,11,13H2,1-7H3,(H,24,28,29)/t18-,19?,20+,22-,35?;17-,18?,20+,22-,33?/m10/s1. The quantitative estimate of drug-likeness (QED) is 0.0996. The average molecular weight is 996 g/mol. The van der Waals surface area contributed by atoms with Crippen LogP contribution in [0.2, 0.25) is 0 Å². The third kappa shape index (κ3) is 13.6. The molecule has 0 amide bonds. The second-order valence-electron chi connectivity index (χ2n) is 18.3. The Morgan fingerprint density at radius 1 is 0.765 bits per heavy atom. The van der Waals surface area contributed by atoms with Crippen LogP contribution in [-0.2, 0) is 37.0 Å². The number of morpholine rings is 1. The molecule has 3 aliphatic heterocycles. The first-order chi connectivity index (χ1) is 32.2. The van der Waals surface area contributed by atoms with Crippen LogP contribution in [-0.4, -0.2) is 141 Å². The molecule has 2 N–H and O–H groups in total. The summed E-state index contributed by atoms with van der Waals surface area (Å²) in [5, 5.41) is 18.0. The molecule has 10 atom stereocenters. The van der Waals surface area contributed by atoms with Crippen molar-refractivity contribution in [1.29, 1.82) is 10.5 Å². The van der Waals surface area contributed by atoms with E-state index in [0.29, 0.717) is 37.1 Å². The number of aromatic amines is 2. The lowest BCUT2D eigenvalue weighted by molar-refractivity contribution is -0.133. The first-order valence-electron chi connectivity index (χ1n) is 23.5. The summed E-state index contributed by atoms with van der Waals surface area (Å²) in [6, 6.07) is 4.59. The van der Waals surface area contributed by atoms with Crippen LogP contribution in [0.1, 0.15) is 119 Å². The van der Waals surface area contributed by atoms with Gasteiger partial charge in [0.2, 0.25) is 0 Å². The molecule has 23 heteroatoms. The number of nitrogens with one attached hydrogen (secondary N) is 2. The molecule has 0 aliphatic carbocycles. The van der Waals surface area contributed by atoms with Gasteiger partial charge in [0.25, 0.3) is 28.2 Å². The van der Waals surface area contributed by atoms with Crippen LogP contribution in [0.4, 0.5) is 0 Å². The van der Waals surface area contributed by atoms with Gasteiger partial charge in [-0.1, -0.05) is 13.8 Å². The highest BCUT2D eigenvalue weighted by molar-refractivity contribution is 7.44. The Bertz CT molecular complexity index is 2230. The first-order valence-corrected chi connectivity index (χ1v) is 25.8. The maximum Gasteiger partial charge on any atom is 0.330 e. The van der Waals surface area contributed by atoms with Crippen molar-refractivity contribution in [3.8, 4) is 12.1 Å². The largest absolute Gasteiger partial charge is 0.382 e. The molecule has 3 aliphatic rings. The lowest BCUT2D eigenvalue weighted by Crippen LogP contribution is -2.47. The number of hydrogen-bond acceptors (Lipinski definition) is 17. The molecule has 21 nitrogen and oxygen atoms in total. The van der Waals surface area contributed by atoms with Gasteiger partial charge in [0.15, 0.2) is 12.5 Å². The molecule has 382 valence electrons. The van der Waals surface area contributed by atoms with E-state index in [4.69, 9.17) is 47.6 Å². The first kappa shape index (κ1) is 57.3. The normalized spacial score (nSPS) is 25.7. The highest BCUT2D eigenvalue weighted by atomic mass is 31.2. The smallest absolute Gasteiger partial charge is 0.330 e. The van der Waals surface area contributed by atoms with Gasteiger partial charge < -0.3 is 37.0 Å². The van der Waals surface area contributed by atoms with Crippen molar-refractivity contribution in [1.82, 2.24) is 33.3 Å². The fraction of sp³-hybridized carbons (Fsp3) is 0.778. The van der Waals surface area contributed by atoms with Gasteiger partial charge in [0, 0.05) is 61.3 Å². The van der Waals surface area contributed by atoms with E-state index in [0.717, 1.165) is 0 Å². The fourth-order valence-electron chi connectivity index (χ4n) is 8.89. The molecule has 0 aromatic carbocycles. The molecular weight excluding hydrogens is 920 g/mol. The third-order valence-electron chi connectivity index (χ3n) is 12.0. The molecule has 0 radical (unpaired) electrons. The van der Waals surface area contributed by atoms with E-state index in [1.165, 1.54) is 15.3 Å². The summed E-state index contributed by atoms with van der Waals surface area (Å²) in [4.78, 5) is 56.0. The summed E-state index contributed by atoms with van der Waals surface area (Å²) in [7, 11) is 0.542. The van der Waals surface area contributed by atoms with Crippen LogP contribution < -0.4 is 22.5 Å². The van der Waals surface area contributed by atoms with Gasteiger partial charge in [-0.3, -0.25) is 33.6 Å². The summed E-state index contributed by atoms with van der Waals surface area (Å²) in [6.07, 6.45) is 1.49. The number of likely N-dealkylation sites (tertiary alicyclic amines) is 1. The van der Waals surface area contributed by atoms with Gasteiger partial charge in [-0.15, -0.1) is 0 Å². The molecular formula is C45H75N9O12P2. The number of nitrogens with zero attached hydrogens (tertiary/aromatic N) is 7. The molecule has 2 aromatic rings. The maximum atomic E-state index is 12.7. The maximum absolute atomic E-state index is 12.7. The topological polar surface area (TPSA) is 241 Å². The molecule has 3 fully saturated rings. The predicted octanol–water partition coefficient (Wildman–Crippen LogP) is 5.34. The third-order valence-corrected chi connectivity index (χ3v) is 16.2. The lowest BCUT2D eigenvalue weighted by Gasteiger charge is -2.38. The highest BCUT2D eigenvalue weighted by Gasteiger charge is 2.64. The summed E-state index contributed by atoms with van der Waals surface area (Å²) in [5.74, 6) is 0. The van der Waals surface area contributed by atoms with E-state index < -0.39 is 75.9 Å². The number of nitriles is 2. The van der Waals surface area contributed by atoms with Gasteiger partial charge in [-0.05, 0) is 89.1 Å². The summed E-state index contributed by atoms with van der Waals surface area (Å²) >= 11 is 0. The van der Waals surface area contributed by atoms with E-state index >= 15 is 0 Å². The Labute approximate surface area is 402 Å². The van der Waals surface area contributed by atoms with Crippen molar-refractivity contribution in [2.24, 2.45) is 0 Å². The van der Waals surface area contributed by atoms with Crippen molar-refractivity contribution in [2.45, 2.75) is 181 Å². The zero-order valence-electron chi connectivity index (χ0n) is 42.3. The zero-order valence-corrected chi connectivity index (χ0v) is 44.1. The zero-order chi connectivity index (χ0) is 50.6. The second-order valence-corrected chi connectivity index (χ2v) is 21.1. The monoisotopic (exact) mass is 996 g/mol. The molecule has 2 bridgehead atoms. The Balaban J connectivity index is 0.000000297. The Morgan fingerprint density at radius 3 is 1.69 bits per heavy atom. The van der Waals surface area contributed by atoms with Crippen molar-refractivity contribution in [3.63, 3.8) is 0 Å². The van der Waals surface area contributed by atoms with Crippen LogP contribution >= 0.6 is 17.1 Å². The fourth-order valence-corrected chi connectivity index (χ4v) is 12.5. The molecule has 4 unspecified atom stereocenters. The van der Waals surface area contributed by atoms with Crippen LogP contribution in [0.5, 0.6) is 0 Å². The summed E-state index contributed by atoms with van der Waals surface area (Å²) < 4.78 is 56.9. The number of aromatic nitrogens is 4. The Morgan fingerprint density at radius 2 is 1.25 bits per heavy atom. The Hall–Kier alpha value is -3.24. The van der Waals surface area contributed by atoms with Crippen LogP contribution in [0.3, 0.4) is 0 Å². The predicted molar refractivity (Wildman–Crippen MR) is 258 cm³/mol. The van der Waals surface area contributed by atoms with Crippen molar-refractivity contribution in [2.75, 3.05) is 47.1 Å². The highest BCUT2D eigenvalue weighted by Crippen LogP contribution is 2.56. The molecule has 0 saturated carbocycles. The van der Waals surface area contributed by atoms with Crippen molar-refractivity contribution in [3.05, 3.63) is 65.2 Å². The van der Waals surface area contributed by atoms with Crippen molar-refractivity contribution < 1.29 is 37.0 Å². The number of ether oxygens (including phenoxy) is 4. The molecule has 3 saturated heterocycles. The molecule has 0 spiro atoms. The van der Waals surface area contributed by atoms with Gasteiger partial charge in [-0.2, -0.15) is 10.5 Å². The minimum Gasteiger partial charge on any atom is -0.382 e. The number of likely N-dealkylation sites (N-methyl/N-ethyl adjacent to an activating group) is 1. The van der Waals surface area contributed by atoms with Gasteiger partial charge in [0.05, 0.1) is 63.6 Å². The number of fused-ring (bicyclic) bond motifs is 2. The van der Waals surface area contributed by atoms with Crippen LogP contribution in [0.25, 0.3) is 0 Å². The number of aryl methyl sites for hydroxylation is 2. The molecule has 68 heavy (non-hydrogen) atoms. The molecule has 5 rings (SSSR count). The lowest BCUT2D eigenvalue weighted by atomic mass is 9.96. The summed E-state index contributed by atoms with van der Waals surface area (Å²) in [5.41, 5.74) is -1.72. The van der Waals surface area contributed by atoms with Gasteiger partial charge in [-0.25, -0.2) is 18.9 Å². The van der Waals surface area contributed by atoms with E-state index in [2.05, 4.69) is 98.7 Å². The number of methoxy groups -OCH3 is 1. The number of hydrogen-bond donors (Lipinski definition) is 2. The SMILES string of the molecule is CC[C@H]1O[C@@H](n2cc(C)c(=O)[nH]c2=O)[C@@H](OCCOC)C1OP(OCCC#N)N(C(C)C)C(C)C.CC[C@]12CN(C)[C@@H](C1OP(OCCC#N)N(C(C)C)C(C)C)[C@H](n1cc(C)c(=O)[nH]c1=O)O2. The van der Waals surface area contributed by atoms with E-state index in [9.17, 15) is 19.2 Å². The van der Waals surface area contributed by atoms with Gasteiger partial charge in [0.1, 0.15) is 23.9 Å². The average Bonchev–Trinajstić information content (AvgIpc) is 3.87. The minimum atomic E-state index is -1.56. The molecule has 5 heterocycles. The van der Waals surface area contributed by atoms with Crippen LogP contribution in [0.15, 0.2) is 31.6 Å².